The first-order valence-electron chi connectivity index (χ1n) is 6.20. The normalized spacial score (nSPS) is 14.6. The second-order valence-electron chi connectivity index (χ2n) is 4.75. The number of hydrogen-bond donors (Lipinski definition) is 1. The Kier molecular flexibility index (Phi) is 3.45. The molecule has 19 heavy (non-hydrogen) atoms. The summed E-state index contributed by atoms with van der Waals surface area (Å²) < 4.78 is 3.02. The van der Waals surface area contributed by atoms with Gasteiger partial charge in [0, 0.05) is 27.8 Å². The highest BCUT2D eigenvalue weighted by molar-refractivity contribution is 9.10. The van der Waals surface area contributed by atoms with E-state index in [1.165, 1.54) is 0 Å². The molecular formula is C13H14BrN3OS. The van der Waals surface area contributed by atoms with Crippen LogP contribution in [0.5, 0.6) is 0 Å². The molecule has 1 aliphatic rings. The summed E-state index contributed by atoms with van der Waals surface area (Å²) in [6.07, 6.45) is 4.31. The van der Waals surface area contributed by atoms with Crippen LogP contribution in [0.15, 0.2) is 22.1 Å². The molecule has 100 valence electrons. The van der Waals surface area contributed by atoms with Crippen LogP contribution in [0.3, 0.4) is 0 Å². The molecule has 0 aromatic carbocycles. The largest absolute Gasteiger partial charge is 0.344 e. The molecule has 1 amide bonds. The first-order chi connectivity index (χ1) is 9.13. The summed E-state index contributed by atoms with van der Waals surface area (Å²) in [6, 6.07) is 2.37. The Hall–Kier alpha value is -1.14. The van der Waals surface area contributed by atoms with E-state index in [1.54, 1.807) is 11.3 Å². The van der Waals surface area contributed by atoms with Gasteiger partial charge in [-0.2, -0.15) is 0 Å². The predicted octanol–water partition coefficient (Wildman–Crippen LogP) is 3.28. The Balaban J connectivity index is 1.70. The third-order valence-electron chi connectivity index (χ3n) is 3.05. The van der Waals surface area contributed by atoms with E-state index in [0.717, 1.165) is 33.7 Å². The van der Waals surface area contributed by atoms with Crippen molar-refractivity contribution in [2.24, 2.45) is 0 Å². The van der Waals surface area contributed by atoms with Crippen LogP contribution >= 0.6 is 27.3 Å². The zero-order valence-corrected chi connectivity index (χ0v) is 12.9. The minimum atomic E-state index is -0.0366. The van der Waals surface area contributed by atoms with Gasteiger partial charge in [-0.15, -0.1) is 11.3 Å². The average molecular weight is 340 g/mol. The van der Waals surface area contributed by atoms with Crippen molar-refractivity contribution in [2.75, 3.05) is 0 Å². The maximum atomic E-state index is 12.2. The van der Waals surface area contributed by atoms with Crippen molar-refractivity contribution < 1.29 is 4.79 Å². The van der Waals surface area contributed by atoms with E-state index in [2.05, 4.69) is 30.8 Å². The minimum Gasteiger partial charge on any atom is -0.344 e. The molecular weight excluding hydrogens is 326 g/mol. The van der Waals surface area contributed by atoms with Gasteiger partial charge in [-0.05, 0) is 41.8 Å². The summed E-state index contributed by atoms with van der Waals surface area (Å²) in [5.74, 6) is -0.0366. The first kappa shape index (κ1) is 12.9. The molecule has 3 rings (SSSR count). The van der Waals surface area contributed by atoms with E-state index >= 15 is 0 Å². The highest BCUT2D eigenvalue weighted by Crippen LogP contribution is 2.37. The molecule has 0 atom stereocenters. The fourth-order valence-corrected chi connectivity index (χ4v) is 3.16. The molecule has 1 fully saturated rings. The fraction of sp³-hybridized carbons (Fsp3) is 0.385. The van der Waals surface area contributed by atoms with Crippen molar-refractivity contribution >= 4 is 33.2 Å². The number of halogens is 1. The summed E-state index contributed by atoms with van der Waals surface area (Å²) in [4.78, 5) is 16.6. The molecule has 0 bridgehead atoms. The van der Waals surface area contributed by atoms with Crippen LogP contribution in [0, 0.1) is 6.92 Å². The number of carbonyl (C=O) groups excluding carboxylic acids is 1. The number of thiazole rings is 1. The van der Waals surface area contributed by atoms with E-state index in [0.29, 0.717) is 12.6 Å². The lowest BCUT2D eigenvalue weighted by molar-refractivity contribution is 0.0941. The molecule has 1 N–H and O–H groups in total. The van der Waals surface area contributed by atoms with Crippen LogP contribution in [-0.4, -0.2) is 15.5 Å². The Labute approximate surface area is 124 Å². The highest BCUT2D eigenvalue weighted by atomic mass is 79.9. The van der Waals surface area contributed by atoms with Crippen molar-refractivity contribution in [2.45, 2.75) is 32.4 Å². The van der Waals surface area contributed by atoms with Crippen molar-refractivity contribution in [1.82, 2.24) is 14.9 Å². The van der Waals surface area contributed by atoms with E-state index < -0.39 is 0 Å². The van der Waals surface area contributed by atoms with Crippen LogP contribution in [0.25, 0.3) is 0 Å². The minimum absolute atomic E-state index is 0.0366. The van der Waals surface area contributed by atoms with Crippen molar-refractivity contribution in [1.29, 1.82) is 0 Å². The van der Waals surface area contributed by atoms with Gasteiger partial charge in [-0.25, -0.2) is 4.98 Å². The third kappa shape index (κ3) is 2.90. The number of nitrogens with zero attached hydrogens (tertiary/aromatic N) is 2. The lowest BCUT2D eigenvalue weighted by atomic mass is 10.4. The number of amides is 1. The standard InChI is InChI=1S/C13H14BrN3OS/c1-8-7-19-12(16-8)5-15-13(18)11-4-9(14)6-17(11)10-2-3-10/h4,6-7,10H,2-3,5H2,1H3,(H,15,18). The third-order valence-corrected chi connectivity index (χ3v) is 4.46. The van der Waals surface area contributed by atoms with Crippen LogP contribution in [0.2, 0.25) is 0 Å². The number of carbonyl (C=O) groups is 1. The Morgan fingerprint density at radius 2 is 2.42 bits per heavy atom. The Bertz CT molecular complexity index is 615. The molecule has 4 nitrogen and oxygen atoms in total. The second-order valence-corrected chi connectivity index (χ2v) is 6.61. The summed E-state index contributed by atoms with van der Waals surface area (Å²) in [5.41, 5.74) is 1.72. The monoisotopic (exact) mass is 339 g/mol. The zero-order chi connectivity index (χ0) is 13.4. The van der Waals surface area contributed by atoms with Crippen LogP contribution in [0.1, 0.15) is 40.1 Å². The molecule has 0 radical (unpaired) electrons. The molecule has 0 spiro atoms. The highest BCUT2D eigenvalue weighted by Gasteiger charge is 2.27. The van der Waals surface area contributed by atoms with Crippen LogP contribution < -0.4 is 5.32 Å². The molecule has 0 saturated heterocycles. The van der Waals surface area contributed by atoms with Gasteiger partial charge in [0.05, 0.1) is 6.54 Å². The molecule has 6 heteroatoms. The quantitative estimate of drug-likeness (QED) is 0.929. The van der Waals surface area contributed by atoms with E-state index in [1.807, 2.05) is 24.6 Å². The summed E-state index contributed by atoms with van der Waals surface area (Å²) in [6.45, 7) is 2.45. The lowest BCUT2D eigenvalue weighted by Gasteiger charge is -2.07. The van der Waals surface area contributed by atoms with Gasteiger partial charge in [-0.1, -0.05) is 0 Å². The Morgan fingerprint density at radius 3 is 3.05 bits per heavy atom. The van der Waals surface area contributed by atoms with Gasteiger partial charge in [0.15, 0.2) is 0 Å². The van der Waals surface area contributed by atoms with Gasteiger partial charge >= 0.3 is 0 Å². The van der Waals surface area contributed by atoms with E-state index in [-0.39, 0.29) is 5.91 Å². The van der Waals surface area contributed by atoms with E-state index in [9.17, 15) is 4.79 Å². The molecule has 0 aliphatic heterocycles. The van der Waals surface area contributed by atoms with Crippen molar-refractivity contribution in [3.63, 3.8) is 0 Å². The van der Waals surface area contributed by atoms with Crippen molar-refractivity contribution in [3.8, 4) is 0 Å². The predicted molar refractivity (Wildman–Crippen MR) is 78.4 cm³/mol. The SMILES string of the molecule is Cc1csc(CNC(=O)c2cc(Br)cn2C2CC2)n1. The van der Waals surface area contributed by atoms with Gasteiger partial charge in [-0.3, -0.25) is 4.79 Å². The maximum Gasteiger partial charge on any atom is 0.268 e. The number of aromatic nitrogens is 2. The summed E-state index contributed by atoms with van der Waals surface area (Å²) in [5, 5.41) is 5.86. The van der Waals surface area contributed by atoms with Crippen LogP contribution in [-0.2, 0) is 6.54 Å². The molecule has 2 heterocycles. The Morgan fingerprint density at radius 1 is 1.63 bits per heavy atom. The molecule has 1 aliphatic carbocycles. The average Bonchev–Trinajstić information content (AvgIpc) is 3.03. The van der Waals surface area contributed by atoms with Crippen LogP contribution in [0.4, 0.5) is 0 Å². The van der Waals surface area contributed by atoms with Gasteiger partial charge in [0.25, 0.3) is 5.91 Å². The zero-order valence-electron chi connectivity index (χ0n) is 10.5. The smallest absolute Gasteiger partial charge is 0.268 e. The summed E-state index contributed by atoms with van der Waals surface area (Å²) >= 11 is 5.01. The number of aryl methyl sites for hydroxylation is 1. The molecule has 0 unspecified atom stereocenters. The number of hydrogen-bond acceptors (Lipinski definition) is 3. The molecule has 1 saturated carbocycles. The number of rotatable bonds is 4. The molecule has 2 aromatic rings. The molecule has 2 aromatic heterocycles. The first-order valence-corrected chi connectivity index (χ1v) is 7.87. The lowest BCUT2D eigenvalue weighted by Crippen LogP contribution is -2.25. The number of nitrogens with one attached hydrogen (secondary N) is 1. The second kappa shape index (κ2) is 5.09. The topological polar surface area (TPSA) is 46.9 Å². The van der Waals surface area contributed by atoms with Gasteiger partial charge in [0.1, 0.15) is 10.7 Å². The van der Waals surface area contributed by atoms with E-state index in [4.69, 9.17) is 0 Å². The van der Waals surface area contributed by atoms with Gasteiger partial charge < -0.3 is 9.88 Å². The van der Waals surface area contributed by atoms with Gasteiger partial charge in [0.2, 0.25) is 0 Å². The van der Waals surface area contributed by atoms with Crippen molar-refractivity contribution in [3.05, 3.63) is 38.5 Å². The maximum absolute atomic E-state index is 12.2. The fourth-order valence-electron chi connectivity index (χ4n) is 2.01. The summed E-state index contributed by atoms with van der Waals surface area (Å²) in [7, 11) is 0.